The van der Waals surface area contributed by atoms with E-state index in [4.69, 9.17) is 23.8 Å². The van der Waals surface area contributed by atoms with E-state index in [1.165, 1.54) is 0 Å². The van der Waals surface area contributed by atoms with Gasteiger partial charge in [0.2, 0.25) is 0 Å². The van der Waals surface area contributed by atoms with Gasteiger partial charge in [0, 0.05) is 37.3 Å². The van der Waals surface area contributed by atoms with Crippen LogP contribution in [0.15, 0.2) is 24.3 Å². The van der Waals surface area contributed by atoms with Crippen LogP contribution in [0.4, 0.5) is 16.3 Å². The number of rotatable bonds is 6. The van der Waals surface area contributed by atoms with Crippen LogP contribution < -0.4 is 20.6 Å². The van der Waals surface area contributed by atoms with Gasteiger partial charge in [-0.3, -0.25) is 0 Å². The van der Waals surface area contributed by atoms with Crippen LogP contribution >= 0.6 is 0 Å². The van der Waals surface area contributed by atoms with Gasteiger partial charge in [-0.15, -0.1) is 0 Å². The molecule has 12 nitrogen and oxygen atoms in total. The third kappa shape index (κ3) is 7.73. The quantitative estimate of drug-likeness (QED) is 0.328. The predicted octanol–water partition coefficient (Wildman–Crippen LogP) is 4.70. The molecule has 3 aliphatic rings. The average Bonchev–Trinajstić information content (AvgIpc) is 3.49. The highest BCUT2D eigenvalue weighted by atomic mass is 16.7. The van der Waals surface area contributed by atoms with E-state index in [9.17, 15) is 19.5 Å². The van der Waals surface area contributed by atoms with Gasteiger partial charge < -0.3 is 39.0 Å². The number of fused-ring (bicyclic) bond motifs is 1. The van der Waals surface area contributed by atoms with Crippen molar-refractivity contribution in [1.82, 2.24) is 10.3 Å². The molecular formula is C35H49BN4O8. The molecule has 0 saturated carbocycles. The number of alkyl carbamates (subject to hydrolysis) is 1. The number of hydrogen-bond donors (Lipinski definition) is 2. The van der Waals surface area contributed by atoms with Crippen LogP contribution in [-0.4, -0.2) is 83.3 Å². The molecule has 0 aliphatic carbocycles. The van der Waals surface area contributed by atoms with Crippen molar-refractivity contribution in [2.45, 2.75) is 117 Å². The summed E-state index contributed by atoms with van der Waals surface area (Å²) in [7, 11) is -0.817. The molecule has 1 amide bonds. The first-order valence-corrected chi connectivity index (χ1v) is 16.6. The summed E-state index contributed by atoms with van der Waals surface area (Å²) in [5.74, 6) is -1.08. The fraction of sp³-hybridized carbons (Fsp3) is 0.600. The lowest BCUT2D eigenvalue weighted by molar-refractivity contribution is 0.00578. The molecule has 1 aromatic carbocycles. The Balaban J connectivity index is 1.40. The molecule has 2 aromatic rings. The van der Waals surface area contributed by atoms with E-state index in [1.807, 2.05) is 59.4 Å². The number of ether oxygens (including phenoxy) is 2. The first-order valence-electron chi connectivity index (χ1n) is 16.6. The minimum atomic E-state index is -1.02. The van der Waals surface area contributed by atoms with E-state index in [0.717, 1.165) is 17.7 Å². The number of pyridine rings is 1. The zero-order valence-corrected chi connectivity index (χ0v) is 29.9. The summed E-state index contributed by atoms with van der Waals surface area (Å²) in [5, 5.41) is 13.2. The van der Waals surface area contributed by atoms with E-state index in [0.29, 0.717) is 49.4 Å². The maximum absolute atomic E-state index is 13.5. The molecule has 0 spiro atoms. The molecule has 4 heterocycles. The average molecular weight is 665 g/mol. The molecule has 2 N–H and O–H groups in total. The number of aromatic carboxylic acids is 1. The van der Waals surface area contributed by atoms with Gasteiger partial charge >= 0.3 is 25.2 Å². The lowest BCUT2D eigenvalue weighted by atomic mass is 9.77. The highest BCUT2D eigenvalue weighted by Crippen LogP contribution is 2.37. The van der Waals surface area contributed by atoms with Crippen molar-refractivity contribution in [2.24, 2.45) is 0 Å². The number of anilines is 2. The van der Waals surface area contributed by atoms with E-state index in [1.54, 1.807) is 32.9 Å². The summed E-state index contributed by atoms with van der Waals surface area (Å²) >= 11 is 0. The molecule has 3 aliphatic heterocycles. The first-order chi connectivity index (χ1) is 22.1. The molecule has 2 fully saturated rings. The number of nitrogens with zero attached hydrogens (tertiary/aromatic N) is 3. The number of carboxylic acid groups (broad SMARTS) is 1. The van der Waals surface area contributed by atoms with Gasteiger partial charge in [-0.2, -0.15) is 0 Å². The molecule has 260 valence electrons. The number of esters is 1. The van der Waals surface area contributed by atoms with E-state index >= 15 is 0 Å². The standard InChI is InChI=1S/C35H49BN4O8/c1-32(2,3)45-30(43)28-26(36-47-34(7,8)35(9,10)48-36)11-12-27(38-28)40-15-13-21-17-23(18-24(29(41)42)25(21)20-40)39-16-14-22(19-39)37-31(44)46-33(4,5)6/h11-12,17-18,22H,13-16,19-20H2,1-10H3,(H,37,44)(H,41,42)/t22-/m0/s1. The van der Waals surface area contributed by atoms with Gasteiger partial charge in [0.15, 0.2) is 5.69 Å². The summed E-state index contributed by atoms with van der Waals surface area (Å²) in [5.41, 5.74) is 0.691. The molecule has 1 atom stereocenters. The van der Waals surface area contributed by atoms with E-state index in [-0.39, 0.29) is 17.3 Å². The van der Waals surface area contributed by atoms with E-state index in [2.05, 4.69) is 16.3 Å². The van der Waals surface area contributed by atoms with Crippen LogP contribution in [0.3, 0.4) is 0 Å². The summed E-state index contributed by atoms with van der Waals surface area (Å²) in [6.07, 6.45) is 0.845. The number of amides is 1. The summed E-state index contributed by atoms with van der Waals surface area (Å²) in [6.45, 7) is 20.7. The van der Waals surface area contributed by atoms with Crippen molar-refractivity contribution in [3.8, 4) is 0 Å². The first kappa shape index (κ1) is 35.5. The summed E-state index contributed by atoms with van der Waals surface area (Å²) in [4.78, 5) is 47.3. The number of carboxylic acids is 1. The van der Waals surface area contributed by atoms with Crippen LogP contribution in [-0.2, 0) is 31.7 Å². The van der Waals surface area contributed by atoms with Gasteiger partial charge in [-0.25, -0.2) is 19.4 Å². The third-order valence-corrected chi connectivity index (χ3v) is 9.17. The number of nitrogens with one attached hydrogen (secondary N) is 1. The Bertz CT molecular complexity index is 1580. The number of carbonyl (C=O) groups is 3. The molecule has 2 saturated heterocycles. The van der Waals surface area contributed by atoms with Crippen molar-refractivity contribution >= 4 is 42.1 Å². The minimum Gasteiger partial charge on any atom is -0.478 e. The van der Waals surface area contributed by atoms with Crippen LogP contribution in [0, 0.1) is 0 Å². The predicted molar refractivity (Wildman–Crippen MR) is 183 cm³/mol. The number of aromatic nitrogens is 1. The Hall–Kier alpha value is -3.84. The van der Waals surface area contributed by atoms with Gasteiger partial charge in [0.1, 0.15) is 17.0 Å². The molecule has 0 radical (unpaired) electrons. The maximum atomic E-state index is 13.5. The number of hydrogen-bond acceptors (Lipinski definition) is 10. The molecule has 48 heavy (non-hydrogen) atoms. The zero-order chi connectivity index (χ0) is 35.4. The maximum Gasteiger partial charge on any atom is 0.497 e. The second-order valence-corrected chi connectivity index (χ2v) is 15.9. The Kier molecular flexibility index (Phi) is 9.28. The highest BCUT2D eigenvalue weighted by Gasteiger charge is 2.53. The minimum absolute atomic E-state index is 0.101. The molecule has 5 rings (SSSR count). The Morgan fingerprint density at radius 1 is 0.958 bits per heavy atom. The van der Waals surface area contributed by atoms with Gasteiger partial charge in [0.25, 0.3) is 0 Å². The smallest absolute Gasteiger partial charge is 0.478 e. The topological polar surface area (TPSA) is 140 Å². The van der Waals surface area contributed by atoms with Gasteiger partial charge in [0.05, 0.1) is 22.8 Å². The fourth-order valence-corrected chi connectivity index (χ4v) is 6.09. The molecule has 0 unspecified atom stereocenters. The summed E-state index contributed by atoms with van der Waals surface area (Å²) < 4.78 is 23.7. The monoisotopic (exact) mass is 664 g/mol. The fourth-order valence-electron chi connectivity index (χ4n) is 6.09. The number of carbonyl (C=O) groups excluding carboxylic acids is 2. The van der Waals surface area contributed by atoms with Gasteiger partial charge in [-0.1, -0.05) is 6.07 Å². The van der Waals surface area contributed by atoms with Crippen molar-refractivity contribution < 1.29 is 38.3 Å². The lowest BCUT2D eigenvalue weighted by Gasteiger charge is -2.32. The Morgan fingerprint density at radius 3 is 2.21 bits per heavy atom. The molecule has 13 heteroatoms. The largest absolute Gasteiger partial charge is 0.497 e. The van der Waals surface area contributed by atoms with Gasteiger partial charge in [-0.05, 0) is 111 Å². The van der Waals surface area contributed by atoms with Crippen LogP contribution in [0.1, 0.15) is 108 Å². The molecule has 0 bridgehead atoms. The Labute approximate surface area is 283 Å². The van der Waals surface area contributed by atoms with Crippen molar-refractivity contribution in [3.63, 3.8) is 0 Å². The second kappa shape index (κ2) is 12.6. The zero-order valence-electron chi connectivity index (χ0n) is 29.9. The van der Waals surface area contributed by atoms with Crippen LogP contribution in [0.25, 0.3) is 0 Å². The summed E-state index contributed by atoms with van der Waals surface area (Å²) in [6, 6.07) is 7.26. The third-order valence-electron chi connectivity index (χ3n) is 9.17. The SMILES string of the molecule is CC(C)(C)OC(=O)N[C@H]1CCN(c2cc3c(c(C(=O)O)c2)CN(c2ccc(B4OC(C)(C)C(C)(C)O4)c(C(=O)OC(C)(C)C)n2)CC3)C1. The van der Waals surface area contributed by atoms with Crippen LogP contribution in [0.2, 0.25) is 0 Å². The van der Waals surface area contributed by atoms with Crippen LogP contribution in [0.5, 0.6) is 0 Å². The molecular weight excluding hydrogens is 615 g/mol. The molecule has 1 aromatic heterocycles. The van der Waals surface area contributed by atoms with Crippen molar-refractivity contribution in [3.05, 3.63) is 46.6 Å². The number of benzene rings is 1. The second-order valence-electron chi connectivity index (χ2n) is 15.9. The van der Waals surface area contributed by atoms with E-state index < -0.39 is 47.6 Å². The lowest BCUT2D eigenvalue weighted by Crippen LogP contribution is -2.41. The Morgan fingerprint density at radius 2 is 1.60 bits per heavy atom. The normalized spacial score (nSPS) is 20.4. The highest BCUT2D eigenvalue weighted by molar-refractivity contribution is 6.63. The van der Waals surface area contributed by atoms with Crippen molar-refractivity contribution in [1.29, 1.82) is 0 Å². The van der Waals surface area contributed by atoms with Crippen molar-refractivity contribution in [2.75, 3.05) is 29.4 Å².